The third-order valence-electron chi connectivity index (χ3n) is 4.86. The molecule has 0 bridgehead atoms. The maximum atomic E-state index is 12.9. The number of nitrogens with zero attached hydrogens (tertiary/aromatic N) is 2. The number of hydrogen-bond donors (Lipinski definition) is 0. The van der Waals surface area contributed by atoms with Crippen LogP contribution in [0, 0.1) is 5.92 Å². The highest BCUT2D eigenvalue weighted by atomic mass is 32.2. The van der Waals surface area contributed by atoms with Crippen LogP contribution in [-0.4, -0.2) is 37.8 Å². The van der Waals surface area contributed by atoms with E-state index in [4.69, 9.17) is 0 Å². The van der Waals surface area contributed by atoms with E-state index in [0.717, 1.165) is 24.1 Å². The van der Waals surface area contributed by atoms with Crippen LogP contribution in [0.1, 0.15) is 39.2 Å². The van der Waals surface area contributed by atoms with Crippen LogP contribution in [0.3, 0.4) is 0 Å². The lowest BCUT2D eigenvalue weighted by atomic mass is 10.0. The first-order valence-corrected chi connectivity index (χ1v) is 9.67. The van der Waals surface area contributed by atoms with Crippen LogP contribution in [0.4, 0.5) is 5.69 Å². The van der Waals surface area contributed by atoms with E-state index in [1.807, 2.05) is 6.92 Å². The summed E-state index contributed by atoms with van der Waals surface area (Å²) in [6, 6.07) is 5.25. The third kappa shape index (κ3) is 2.90. The molecule has 0 unspecified atom stereocenters. The number of benzene rings is 1. The smallest absolute Gasteiger partial charge is 0.243 e. The second kappa shape index (κ2) is 5.91. The molecule has 2 heterocycles. The van der Waals surface area contributed by atoms with Gasteiger partial charge in [-0.05, 0) is 55.9 Å². The van der Waals surface area contributed by atoms with Gasteiger partial charge in [-0.25, -0.2) is 8.42 Å². The molecule has 0 aromatic heterocycles. The molecule has 1 aromatic carbocycles. The maximum Gasteiger partial charge on any atom is 0.243 e. The van der Waals surface area contributed by atoms with Crippen molar-refractivity contribution in [2.75, 3.05) is 18.0 Å². The van der Waals surface area contributed by atoms with E-state index in [0.29, 0.717) is 30.3 Å². The van der Waals surface area contributed by atoms with Crippen molar-refractivity contribution >= 4 is 21.6 Å². The van der Waals surface area contributed by atoms with Crippen molar-refractivity contribution in [1.82, 2.24) is 4.31 Å². The van der Waals surface area contributed by atoms with Crippen molar-refractivity contribution in [3.63, 3.8) is 0 Å². The summed E-state index contributed by atoms with van der Waals surface area (Å²) in [7, 11) is -3.44. The highest BCUT2D eigenvalue weighted by Gasteiger charge is 2.33. The molecule has 0 N–H and O–H groups in total. The van der Waals surface area contributed by atoms with Crippen LogP contribution >= 0.6 is 0 Å². The SMILES string of the molecule is CC(=O)N1c2ccc(S(=O)(=O)N3CCC[C@H](C)C3)cc2C[C@H]1C. The van der Waals surface area contributed by atoms with Crippen molar-refractivity contribution in [3.8, 4) is 0 Å². The fourth-order valence-corrected chi connectivity index (χ4v) is 5.41. The maximum absolute atomic E-state index is 12.9. The Labute approximate surface area is 138 Å². The minimum absolute atomic E-state index is 0.00304. The molecule has 0 spiro atoms. The van der Waals surface area contributed by atoms with Crippen LogP contribution in [0.25, 0.3) is 0 Å². The summed E-state index contributed by atoms with van der Waals surface area (Å²) >= 11 is 0. The molecular formula is C17H24N2O3S. The zero-order valence-electron chi connectivity index (χ0n) is 13.9. The number of carbonyl (C=O) groups is 1. The molecule has 3 rings (SSSR count). The Balaban J connectivity index is 1.94. The Morgan fingerprint density at radius 1 is 1.26 bits per heavy atom. The normalized spacial score (nSPS) is 25.4. The number of fused-ring (bicyclic) bond motifs is 1. The van der Waals surface area contributed by atoms with Gasteiger partial charge in [-0.15, -0.1) is 0 Å². The number of carbonyl (C=O) groups excluding carboxylic acids is 1. The van der Waals surface area contributed by atoms with Crippen molar-refractivity contribution < 1.29 is 13.2 Å². The van der Waals surface area contributed by atoms with Gasteiger partial charge >= 0.3 is 0 Å². The van der Waals surface area contributed by atoms with Crippen LogP contribution in [-0.2, 0) is 21.2 Å². The average molecular weight is 336 g/mol. The van der Waals surface area contributed by atoms with Gasteiger partial charge in [-0.3, -0.25) is 4.79 Å². The first-order valence-electron chi connectivity index (χ1n) is 8.23. The van der Waals surface area contributed by atoms with Gasteiger partial charge in [0, 0.05) is 31.7 Å². The number of amides is 1. The third-order valence-corrected chi connectivity index (χ3v) is 6.72. The van der Waals surface area contributed by atoms with Gasteiger partial charge in [0.1, 0.15) is 0 Å². The summed E-state index contributed by atoms with van der Waals surface area (Å²) < 4.78 is 27.4. The first-order chi connectivity index (χ1) is 10.8. The van der Waals surface area contributed by atoms with Crippen molar-refractivity contribution in [3.05, 3.63) is 23.8 Å². The Bertz CT molecular complexity index is 729. The fraction of sp³-hybridized carbons (Fsp3) is 0.588. The molecule has 1 fully saturated rings. The molecule has 1 aromatic rings. The minimum atomic E-state index is -3.44. The standard InChI is InChI=1S/C17H24N2O3S/c1-12-5-4-8-18(11-12)23(21,22)16-6-7-17-15(10-16)9-13(2)19(17)14(3)20/h6-7,10,12-13H,4-5,8-9,11H2,1-3H3/t12-,13+/m0/s1. The van der Waals surface area contributed by atoms with Gasteiger partial charge in [-0.2, -0.15) is 4.31 Å². The average Bonchev–Trinajstić information content (AvgIpc) is 2.82. The van der Waals surface area contributed by atoms with E-state index in [1.54, 1.807) is 34.3 Å². The summed E-state index contributed by atoms with van der Waals surface area (Å²) in [5, 5.41) is 0. The molecule has 1 amide bonds. The summed E-state index contributed by atoms with van der Waals surface area (Å²) in [5.74, 6) is 0.401. The summed E-state index contributed by atoms with van der Waals surface area (Å²) in [5.41, 5.74) is 1.79. The van der Waals surface area contributed by atoms with Crippen molar-refractivity contribution in [1.29, 1.82) is 0 Å². The minimum Gasteiger partial charge on any atom is -0.309 e. The molecule has 6 heteroatoms. The Hall–Kier alpha value is -1.40. The molecule has 0 aliphatic carbocycles. The number of anilines is 1. The molecule has 2 aliphatic rings. The summed E-state index contributed by atoms with van der Waals surface area (Å²) in [4.78, 5) is 13.9. The number of piperidine rings is 1. The highest BCUT2D eigenvalue weighted by molar-refractivity contribution is 7.89. The molecule has 2 aliphatic heterocycles. The Morgan fingerprint density at radius 2 is 2.00 bits per heavy atom. The monoisotopic (exact) mass is 336 g/mol. The zero-order valence-corrected chi connectivity index (χ0v) is 14.8. The number of hydrogen-bond acceptors (Lipinski definition) is 3. The van der Waals surface area contributed by atoms with Gasteiger partial charge in [-0.1, -0.05) is 6.92 Å². The lowest BCUT2D eigenvalue weighted by molar-refractivity contribution is -0.116. The molecule has 0 saturated carbocycles. The van der Waals surface area contributed by atoms with E-state index in [-0.39, 0.29) is 11.9 Å². The molecule has 5 nitrogen and oxygen atoms in total. The van der Waals surface area contributed by atoms with Gasteiger partial charge in [0.05, 0.1) is 4.90 Å². The summed E-state index contributed by atoms with van der Waals surface area (Å²) in [6.07, 6.45) is 2.70. The summed E-state index contributed by atoms with van der Waals surface area (Å²) in [6.45, 7) is 6.82. The Morgan fingerprint density at radius 3 is 2.65 bits per heavy atom. The van der Waals surface area contributed by atoms with Crippen LogP contribution in [0.15, 0.2) is 23.1 Å². The highest BCUT2D eigenvalue weighted by Crippen LogP contribution is 2.35. The molecule has 2 atom stereocenters. The molecule has 126 valence electrons. The molecule has 0 radical (unpaired) electrons. The number of rotatable bonds is 2. The molecule has 23 heavy (non-hydrogen) atoms. The lowest BCUT2D eigenvalue weighted by Gasteiger charge is -2.30. The van der Waals surface area contributed by atoms with Crippen molar-refractivity contribution in [2.24, 2.45) is 5.92 Å². The largest absolute Gasteiger partial charge is 0.309 e. The van der Waals surface area contributed by atoms with E-state index >= 15 is 0 Å². The second-order valence-electron chi connectivity index (χ2n) is 6.84. The number of sulfonamides is 1. The van der Waals surface area contributed by atoms with Gasteiger partial charge in [0.15, 0.2) is 0 Å². The van der Waals surface area contributed by atoms with Crippen LogP contribution < -0.4 is 4.90 Å². The predicted octanol–water partition coefficient (Wildman–Crippen LogP) is 2.40. The van der Waals surface area contributed by atoms with Gasteiger partial charge in [0.2, 0.25) is 15.9 Å². The fourth-order valence-electron chi connectivity index (χ4n) is 3.76. The van der Waals surface area contributed by atoms with Crippen LogP contribution in [0.2, 0.25) is 0 Å². The Kier molecular flexibility index (Phi) is 4.23. The first kappa shape index (κ1) is 16.5. The van der Waals surface area contributed by atoms with E-state index in [2.05, 4.69) is 6.92 Å². The van der Waals surface area contributed by atoms with E-state index < -0.39 is 10.0 Å². The van der Waals surface area contributed by atoms with Crippen LogP contribution in [0.5, 0.6) is 0 Å². The predicted molar refractivity (Wildman–Crippen MR) is 89.9 cm³/mol. The topological polar surface area (TPSA) is 57.7 Å². The molecule has 1 saturated heterocycles. The molecular weight excluding hydrogens is 312 g/mol. The van der Waals surface area contributed by atoms with Gasteiger partial charge < -0.3 is 4.90 Å². The van der Waals surface area contributed by atoms with E-state index in [9.17, 15) is 13.2 Å². The van der Waals surface area contributed by atoms with E-state index in [1.165, 1.54) is 0 Å². The second-order valence-corrected chi connectivity index (χ2v) is 8.78. The zero-order chi connectivity index (χ0) is 16.8. The lowest BCUT2D eigenvalue weighted by Crippen LogP contribution is -2.39. The van der Waals surface area contributed by atoms with Gasteiger partial charge in [0.25, 0.3) is 0 Å². The van der Waals surface area contributed by atoms with Crippen molar-refractivity contribution in [2.45, 2.75) is 51.0 Å². The quantitative estimate of drug-likeness (QED) is 0.833.